The molecule has 3 aliphatic heterocycles. The number of sulfonamides is 1. The average molecular weight is 280 g/mol. The minimum absolute atomic E-state index is 0.0804. The van der Waals surface area contributed by atoms with Crippen LogP contribution in [-0.4, -0.2) is 39.0 Å². The van der Waals surface area contributed by atoms with Crippen molar-refractivity contribution in [1.82, 2.24) is 9.62 Å². The quantitative estimate of drug-likeness (QED) is 0.901. The van der Waals surface area contributed by atoms with Gasteiger partial charge in [0.25, 0.3) is 0 Å². The van der Waals surface area contributed by atoms with E-state index >= 15 is 0 Å². The molecule has 3 heterocycles. The van der Waals surface area contributed by atoms with Crippen molar-refractivity contribution >= 4 is 10.0 Å². The third-order valence-electron chi connectivity index (χ3n) is 4.19. The fraction of sp³-hybridized carbons (Fsp3) is 0.571. The molecule has 0 aromatic heterocycles. The van der Waals surface area contributed by atoms with Gasteiger partial charge in [0.2, 0.25) is 10.0 Å². The van der Waals surface area contributed by atoms with Gasteiger partial charge in [-0.05, 0) is 37.4 Å². The van der Waals surface area contributed by atoms with Crippen LogP contribution in [0.15, 0.2) is 30.3 Å². The van der Waals surface area contributed by atoms with Crippen molar-refractivity contribution in [1.29, 1.82) is 0 Å². The van der Waals surface area contributed by atoms with Crippen molar-refractivity contribution in [3.63, 3.8) is 0 Å². The lowest BCUT2D eigenvalue weighted by Crippen LogP contribution is -2.57. The number of benzene rings is 1. The van der Waals surface area contributed by atoms with Gasteiger partial charge in [-0.25, -0.2) is 13.1 Å². The Morgan fingerprint density at radius 2 is 1.84 bits per heavy atom. The van der Waals surface area contributed by atoms with Crippen molar-refractivity contribution in [2.75, 3.05) is 19.6 Å². The highest BCUT2D eigenvalue weighted by Gasteiger charge is 2.36. The SMILES string of the molecule is O=S(=O)(Cc1ccccc1)NC1CN2CCC1CC2. The maximum Gasteiger partial charge on any atom is 0.216 e. The summed E-state index contributed by atoms with van der Waals surface area (Å²) in [6, 6.07) is 9.47. The van der Waals surface area contributed by atoms with Crippen LogP contribution in [0.5, 0.6) is 0 Å². The number of hydrogen-bond acceptors (Lipinski definition) is 3. The fourth-order valence-electron chi connectivity index (χ4n) is 3.16. The zero-order valence-electron chi connectivity index (χ0n) is 11.0. The first kappa shape index (κ1) is 13.1. The smallest absolute Gasteiger partial charge is 0.216 e. The molecular formula is C14H20N2O2S. The predicted octanol–water partition coefficient (Wildman–Crippen LogP) is 1.20. The van der Waals surface area contributed by atoms with Crippen molar-refractivity contribution in [2.24, 2.45) is 5.92 Å². The topological polar surface area (TPSA) is 49.4 Å². The monoisotopic (exact) mass is 280 g/mol. The normalized spacial score (nSPS) is 30.4. The molecule has 1 atom stereocenters. The van der Waals surface area contributed by atoms with Crippen LogP contribution in [0.3, 0.4) is 0 Å². The van der Waals surface area contributed by atoms with E-state index in [1.165, 1.54) is 0 Å². The summed E-state index contributed by atoms with van der Waals surface area (Å²) in [5, 5.41) is 0. The van der Waals surface area contributed by atoms with E-state index in [1.54, 1.807) is 0 Å². The van der Waals surface area contributed by atoms with Gasteiger partial charge in [-0.2, -0.15) is 0 Å². The van der Waals surface area contributed by atoms with Gasteiger partial charge in [0, 0.05) is 12.6 Å². The van der Waals surface area contributed by atoms with Crippen LogP contribution in [0.1, 0.15) is 18.4 Å². The van der Waals surface area contributed by atoms with E-state index in [0.29, 0.717) is 5.92 Å². The summed E-state index contributed by atoms with van der Waals surface area (Å²) >= 11 is 0. The lowest BCUT2D eigenvalue weighted by molar-refractivity contribution is 0.0827. The third-order valence-corrected chi connectivity index (χ3v) is 5.56. The maximum absolute atomic E-state index is 12.2. The molecule has 5 heteroatoms. The molecule has 0 amide bonds. The molecule has 1 aromatic rings. The Morgan fingerprint density at radius 3 is 2.42 bits per heavy atom. The third kappa shape index (κ3) is 3.16. The van der Waals surface area contributed by atoms with Crippen LogP contribution in [0.25, 0.3) is 0 Å². The number of nitrogens with zero attached hydrogens (tertiary/aromatic N) is 1. The Hall–Kier alpha value is -0.910. The summed E-state index contributed by atoms with van der Waals surface area (Å²) in [5.74, 6) is 0.604. The molecule has 3 saturated heterocycles. The van der Waals surface area contributed by atoms with E-state index < -0.39 is 10.0 Å². The first-order chi connectivity index (χ1) is 9.12. The van der Waals surface area contributed by atoms with Gasteiger partial charge < -0.3 is 4.90 Å². The van der Waals surface area contributed by atoms with Crippen LogP contribution < -0.4 is 4.72 Å². The minimum Gasteiger partial charge on any atom is -0.302 e. The number of rotatable bonds is 4. The lowest BCUT2D eigenvalue weighted by Gasteiger charge is -2.44. The summed E-state index contributed by atoms with van der Waals surface area (Å²) in [5.41, 5.74) is 0.844. The molecule has 4 nitrogen and oxygen atoms in total. The van der Waals surface area contributed by atoms with E-state index in [9.17, 15) is 8.42 Å². The number of nitrogens with one attached hydrogen (secondary N) is 1. The Kier molecular flexibility index (Phi) is 3.60. The van der Waals surface area contributed by atoms with Crippen LogP contribution in [-0.2, 0) is 15.8 Å². The van der Waals surface area contributed by atoms with E-state index in [-0.39, 0.29) is 11.8 Å². The van der Waals surface area contributed by atoms with Gasteiger partial charge in [0.05, 0.1) is 5.75 Å². The molecule has 104 valence electrons. The highest BCUT2D eigenvalue weighted by atomic mass is 32.2. The van der Waals surface area contributed by atoms with Gasteiger partial charge in [0.1, 0.15) is 0 Å². The zero-order valence-corrected chi connectivity index (χ0v) is 11.8. The molecule has 1 aromatic carbocycles. The molecule has 19 heavy (non-hydrogen) atoms. The fourth-order valence-corrected chi connectivity index (χ4v) is 4.61. The molecule has 0 saturated carbocycles. The van der Waals surface area contributed by atoms with E-state index in [0.717, 1.165) is 38.0 Å². The molecule has 3 fully saturated rings. The Bertz CT molecular complexity index is 522. The largest absolute Gasteiger partial charge is 0.302 e. The van der Waals surface area contributed by atoms with Gasteiger partial charge in [0.15, 0.2) is 0 Å². The summed E-state index contributed by atoms with van der Waals surface area (Å²) in [4.78, 5) is 2.36. The highest BCUT2D eigenvalue weighted by molar-refractivity contribution is 7.88. The Balaban J connectivity index is 1.65. The van der Waals surface area contributed by atoms with Gasteiger partial charge >= 0.3 is 0 Å². The van der Waals surface area contributed by atoms with E-state index in [4.69, 9.17) is 0 Å². The molecule has 1 unspecified atom stereocenters. The number of piperidine rings is 3. The van der Waals surface area contributed by atoms with E-state index in [1.807, 2.05) is 30.3 Å². The molecule has 3 aliphatic rings. The second kappa shape index (κ2) is 5.23. The standard InChI is InChI=1S/C14H20N2O2S/c17-19(18,11-12-4-2-1-3-5-12)15-14-10-16-8-6-13(14)7-9-16/h1-5,13-15H,6-11H2. The molecule has 1 N–H and O–H groups in total. The minimum atomic E-state index is -3.23. The van der Waals surface area contributed by atoms with Crippen LogP contribution >= 0.6 is 0 Å². The van der Waals surface area contributed by atoms with Crippen molar-refractivity contribution < 1.29 is 8.42 Å². The van der Waals surface area contributed by atoms with E-state index in [2.05, 4.69) is 9.62 Å². The first-order valence-corrected chi connectivity index (χ1v) is 8.54. The molecule has 0 aliphatic carbocycles. The zero-order chi connectivity index (χ0) is 13.3. The van der Waals surface area contributed by atoms with Gasteiger partial charge in [-0.1, -0.05) is 30.3 Å². The Labute approximate surface area is 114 Å². The van der Waals surface area contributed by atoms with Crippen LogP contribution in [0.4, 0.5) is 0 Å². The summed E-state index contributed by atoms with van der Waals surface area (Å²) in [6.07, 6.45) is 2.25. The van der Waals surface area contributed by atoms with Gasteiger partial charge in [-0.15, -0.1) is 0 Å². The number of hydrogen-bond donors (Lipinski definition) is 1. The molecular weight excluding hydrogens is 260 g/mol. The van der Waals surface area contributed by atoms with Crippen LogP contribution in [0, 0.1) is 5.92 Å². The van der Waals surface area contributed by atoms with Crippen molar-refractivity contribution in [3.05, 3.63) is 35.9 Å². The lowest BCUT2D eigenvalue weighted by atomic mass is 9.85. The number of fused-ring (bicyclic) bond motifs is 3. The average Bonchev–Trinajstić information content (AvgIpc) is 2.40. The molecule has 0 spiro atoms. The van der Waals surface area contributed by atoms with Gasteiger partial charge in [-0.3, -0.25) is 0 Å². The summed E-state index contributed by atoms with van der Waals surface area (Å²) in [7, 11) is -3.23. The second-order valence-electron chi connectivity index (χ2n) is 5.61. The van der Waals surface area contributed by atoms with Crippen LogP contribution in [0.2, 0.25) is 0 Å². The second-order valence-corrected chi connectivity index (χ2v) is 7.36. The molecule has 0 radical (unpaired) electrons. The maximum atomic E-state index is 12.2. The summed E-state index contributed by atoms with van der Waals surface area (Å²) < 4.78 is 27.3. The molecule has 4 rings (SSSR count). The summed E-state index contributed by atoms with van der Waals surface area (Å²) in [6.45, 7) is 3.13. The molecule has 2 bridgehead atoms. The highest BCUT2D eigenvalue weighted by Crippen LogP contribution is 2.28. The van der Waals surface area contributed by atoms with Crippen molar-refractivity contribution in [2.45, 2.75) is 24.6 Å². The first-order valence-electron chi connectivity index (χ1n) is 6.89. The Morgan fingerprint density at radius 1 is 1.16 bits per heavy atom. The predicted molar refractivity (Wildman–Crippen MR) is 75.2 cm³/mol. The van der Waals surface area contributed by atoms with Crippen molar-refractivity contribution in [3.8, 4) is 0 Å².